The molecule has 0 nitrogen and oxygen atoms in total. The van der Waals surface area contributed by atoms with Gasteiger partial charge in [-0.2, -0.15) is 0 Å². The molecule has 0 N–H and O–H groups in total. The Hall–Kier alpha value is 0.650. The predicted molar refractivity (Wildman–Crippen MR) is 21.3 cm³/mol. The van der Waals surface area contributed by atoms with Gasteiger partial charge in [-0.05, 0) is 0 Å². The van der Waals surface area contributed by atoms with Crippen LogP contribution in [-0.2, 0) is 0 Å². The Kier molecular flexibility index (Phi) is 1.58. The number of rotatable bonds is 0. The van der Waals surface area contributed by atoms with Crippen molar-refractivity contribution in [2.75, 3.05) is 0 Å². The molecule has 5 heavy (non-hydrogen) atoms. The molecule has 0 radical (unpaired) electrons. The molecule has 0 heterocycles. The summed E-state index contributed by atoms with van der Waals surface area (Å²) in [5.41, 5.74) is 0. The Morgan fingerprint density at radius 2 is 1.20 bits per heavy atom. The van der Waals surface area contributed by atoms with Gasteiger partial charge < -0.3 is 0 Å². The fraction of sp³-hybridized carbons (Fsp3) is 0. The molecule has 0 bridgehead atoms. The van der Waals surface area contributed by atoms with E-state index in [4.69, 9.17) is 0 Å². The van der Waals surface area contributed by atoms with Crippen LogP contribution in [0.25, 0.3) is 0 Å². The molecule has 1 unspecified atom stereocenters. The van der Waals surface area contributed by atoms with E-state index in [9.17, 15) is 12.6 Å². The first-order valence-electron chi connectivity index (χ1n) is 0.856. The molecular formula is H3F3P2. The van der Waals surface area contributed by atoms with Crippen LogP contribution < -0.4 is 0 Å². The molecule has 0 rings (SSSR count). The van der Waals surface area contributed by atoms with Crippen LogP contribution in [-0.4, -0.2) is 0 Å². The van der Waals surface area contributed by atoms with Crippen LogP contribution in [0, 0.1) is 0 Å². The first kappa shape index (κ1) is 5.65. The van der Waals surface area contributed by atoms with E-state index in [-0.39, 0.29) is 0 Å². The second-order valence-corrected chi connectivity index (χ2v) is 3.59. The first-order valence-corrected chi connectivity index (χ1v) is 4.30. The molecule has 0 saturated carbocycles. The third kappa shape index (κ3) is 77.3. The minimum absolute atomic E-state index is 0.854. The molecule has 0 aromatic heterocycles. The zero-order valence-corrected chi connectivity index (χ0v) is 4.37. The van der Waals surface area contributed by atoms with Crippen LogP contribution in [0.2, 0.25) is 0 Å². The maximum absolute atomic E-state index is 10.5. The van der Waals surface area contributed by atoms with Crippen molar-refractivity contribution in [3.05, 3.63) is 0 Å². The summed E-state index contributed by atoms with van der Waals surface area (Å²) in [4.78, 5) is 0. The van der Waals surface area contributed by atoms with Crippen LogP contribution in [0.15, 0.2) is 0 Å². The molecule has 0 aliphatic carbocycles. The van der Waals surface area contributed by atoms with E-state index in [0.29, 0.717) is 0 Å². The Morgan fingerprint density at radius 3 is 1.20 bits per heavy atom. The van der Waals surface area contributed by atoms with Crippen molar-refractivity contribution in [1.29, 1.82) is 0 Å². The summed E-state index contributed by atoms with van der Waals surface area (Å²) in [6, 6.07) is 0. The molecule has 5 heteroatoms. The van der Waals surface area contributed by atoms with Gasteiger partial charge in [0.1, 0.15) is 0 Å². The van der Waals surface area contributed by atoms with Gasteiger partial charge in [0, 0.05) is 0 Å². The summed E-state index contributed by atoms with van der Waals surface area (Å²) in [5, 5.41) is 0. The quantitative estimate of drug-likeness (QED) is 0.432. The Labute approximate surface area is 30.5 Å². The number of halogens is 3. The van der Waals surface area contributed by atoms with Crippen LogP contribution in [0.5, 0.6) is 0 Å². The molecule has 0 fully saturated rings. The van der Waals surface area contributed by atoms with Crippen molar-refractivity contribution < 1.29 is 12.6 Å². The molecule has 1 atom stereocenters. The summed E-state index contributed by atoms with van der Waals surface area (Å²) < 4.78 is 31.4. The molecule has 0 aliphatic heterocycles. The topological polar surface area (TPSA) is 0 Å². The van der Waals surface area contributed by atoms with Crippen LogP contribution in [0.1, 0.15) is 0 Å². The Balaban J connectivity index is 3.02. The monoisotopic (exact) mass is 122 g/mol. The molecule has 34 valence electrons. The first-order chi connectivity index (χ1) is 2.00. The summed E-state index contributed by atoms with van der Waals surface area (Å²) >= 11 is 0. The zero-order valence-electron chi connectivity index (χ0n) is 2.21. The van der Waals surface area contributed by atoms with Gasteiger partial charge >= 0.3 is 29.4 Å². The number of hydrogen-bond acceptors (Lipinski definition) is 0. The Bertz CT molecular complexity index is 20.4. The molecule has 0 saturated heterocycles. The van der Waals surface area contributed by atoms with Crippen LogP contribution >= 0.6 is 16.8 Å². The molecular weight excluding hydrogens is 119 g/mol. The van der Waals surface area contributed by atoms with Crippen molar-refractivity contribution in [1.82, 2.24) is 0 Å². The SMILES string of the molecule is F[PH](F)(F)P. The molecule has 0 aromatic rings. The fourth-order valence-corrected chi connectivity index (χ4v) is 0. The zero-order chi connectivity index (χ0) is 4.50. The van der Waals surface area contributed by atoms with Crippen molar-refractivity contribution in [3.63, 3.8) is 0 Å². The van der Waals surface area contributed by atoms with Gasteiger partial charge in [-0.1, -0.05) is 0 Å². The van der Waals surface area contributed by atoms with Gasteiger partial charge in [-0.3, -0.25) is 0 Å². The van der Waals surface area contributed by atoms with Crippen molar-refractivity contribution in [3.8, 4) is 0 Å². The van der Waals surface area contributed by atoms with Crippen LogP contribution in [0.3, 0.4) is 0 Å². The normalized spacial score (nSPS) is 15.2. The van der Waals surface area contributed by atoms with E-state index in [0.717, 1.165) is 8.93 Å². The van der Waals surface area contributed by atoms with Gasteiger partial charge in [-0.25, -0.2) is 0 Å². The molecule has 0 aliphatic rings. The van der Waals surface area contributed by atoms with Crippen molar-refractivity contribution in [2.24, 2.45) is 0 Å². The second kappa shape index (κ2) is 1.40. The fourth-order valence-electron chi connectivity index (χ4n) is 0. The van der Waals surface area contributed by atoms with Crippen molar-refractivity contribution >= 4 is 16.8 Å². The Morgan fingerprint density at radius 1 is 1.20 bits per heavy atom. The van der Waals surface area contributed by atoms with E-state index in [1.807, 2.05) is 0 Å². The van der Waals surface area contributed by atoms with Gasteiger partial charge in [0.25, 0.3) is 0 Å². The van der Waals surface area contributed by atoms with E-state index >= 15 is 0 Å². The van der Waals surface area contributed by atoms with E-state index in [2.05, 4.69) is 0 Å². The summed E-state index contributed by atoms with van der Waals surface area (Å²) in [6.45, 7) is 0. The average Bonchev–Trinajstić information content (AvgIpc) is 0.722. The number of hydrogen-bond donors (Lipinski definition) is 0. The van der Waals surface area contributed by atoms with Crippen molar-refractivity contribution in [2.45, 2.75) is 0 Å². The van der Waals surface area contributed by atoms with E-state index < -0.39 is 7.88 Å². The van der Waals surface area contributed by atoms with Gasteiger partial charge in [-0.15, -0.1) is 0 Å². The second-order valence-electron chi connectivity index (χ2n) is 0.542. The summed E-state index contributed by atoms with van der Waals surface area (Å²) in [6.07, 6.45) is 0. The summed E-state index contributed by atoms with van der Waals surface area (Å²) in [5.74, 6) is 0. The molecule has 0 aromatic carbocycles. The standard InChI is InChI=1S/F3H3P2/c1-5(2,3)4/h5H,4H2. The summed E-state index contributed by atoms with van der Waals surface area (Å²) in [7, 11) is -4.34. The van der Waals surface area contributed by atoms with E-state index in [1.54, 1.807) is 0 Å². The van der Waals surface area contributed by atoms with E-state index in [1.165, 1.54) is 0 Å². The average molecular weight is 122 g/mol. The van der Waals surface area contributed by atoms with Crippen LogP contribution in [0.4, 0.5) is 12.6 Å². The third-order valence-corrected chi connectivity index (χ3v) is 0. The third-order valence-electron chi connectivity index (χ3n) is 0. The van der Waals surface area contributed by atoms with Gasteiger partial charge in [0.05, 0.1) is 0 Å². The maximum atomic E-state index is 10.5. The molecule has 0 spiro atoms. The van der Waals surface area contributed by atoms with Gasteiger partial charge in [0.2, 0.25) is 0 Å². The molecule has 0 amide bonds. The minimum atomic E-state index is -5.19. The van der Waals surface area contributed by atoms with Gasteiger partial charge in [0.15, 0.2) is 0 Å². The predicted octanol–water partition coefficient (Wildman–Crippen LogP) is 2.18.